The van der Waals surface area contributed by atoms with Crippen LogP contribution in [0, 0.1) is 0 Å². The molecule has 0 N–H and O–H groups in total. The molecule has 4 saturated heterocycles. The molecule has 4 aliphatic heterocycles. The molecule has 0 saturated carbocycles. The molecule has 4 heterocycles. The fourth-order valence-electron chi connectivity index (χ4n) is 9.49. The predicted molar refractivity (Wildman–Crippen MR) is 283 cm³/mol. The summed E-state index contributed by atoms with van der Waals surface area (Å²) in [7, 11) is 41.4. The number of likely N-dealkylation sites (N-methyl/N-ethyl adjacent to an activating group) is 8. The van der Waals surface area contributed by atoms with Gasteiger partial charge in [-0.05, 0) is 0 Å². The average molecular weight is 1010 g/mol. The van der Waals surface area contributed by atoms with E-state index in [1.807, 2.05) is 0 Å². The molecular formula is C40H89N16O4P5. The van der Waals surface area contributed by atoms with Crippen molar-refractivity contribution in [2.24, 2.45) is 19.1 Å². The Kier molecular flexibility index (Phi) is 19.6. The van der Waals surface area contributed by atoms with Crippen molar-refractivity contribution in [1.82, 2.24) is 57.9 Å². The summed E-state index contributed by atoms with van der Waals surface area (Å²) < 4.78 is 62.2. The Morgan fingerprint density at radius 3 is 0.585 bits per heavy atom. The van der Waals surface area contributed by atoms with Gasteiger partial charge in [-0.15, -0.1) is 0 Å². The first-order valence-electron chi connectivity index (χ1n) is 22.3. The quantitative estimate of drug-likeness (QED) is 0.160. The predicted octanol–water partition coefficient (Wildman–Crippen LogP) is 4.44. The van der Waals surface area contributed by atoms with E-state index in [4.69, 9.17) is 37.1 Å². The number of rotatable bonds is 16. The summed E-state index contributed by atoms with van der Waals surface area (Å²) in [5.41, 5.74) is -3.09. The van der Waals surface area contributed by atoms with E-state index in [9.17, 15) is 0 Å². The van der Waals surface area contributed by atoms with Crippen LogP contribution < -0.4 is 0 Å². The fraction of sp³-hybridized carbons (Fsp3) is 0.900. The topological polar surface area (TPSA) is 125 Å². The third-order valence-electron chi connectivity index (χ3n) is 13.5. The molecule has 25 heteroatoms. The molecule has 4 aliphatic rings. The Balaban J connectivity index is 2.48. The van der Waals surface area contributed by atoms with Crippen LogP contribution in [0.4, 0.5) is 0 Å². The van der Waals surface area contributed by atoms with Crippen LogP contribution in [-0.4, -0.2) is 298 Å². The molecule has 0 aromatic heterocycles. The molecule has 4 atom stereocenters. The molecule has 4 fully saturated rings. The van der Waals surface area contributed by atoms with Crippen LogP contribution in [0.5, 0.6) is 0 Å². The summed E-state index contributed by atoms with van der Waals surface area (Å²) in [5, 5.41) is 0. The maximum absolute atomic E-state index is 7.32. The summed E-state index contributed by atoms with van der Waals surface area (Å²) in [4.78, 5) is 17.7. The van der Waals surface area contributed by atoms with Crippen LogP contribution in [0.25, 0.3) is 0 Å². The van der Waals surface area contributed by atoms with Gasteiger partial charge in [-0.2, -0.15) is 0 Å². The minimum absolute atomic E-state index is 0.520. The van der Waals surface area contributed by atoms with E-state index >= 15 is 0 Å². The van der Waals surface area contributed by atoms with Gasteiger partial charge in [0.15, 0.2) is 0 Å². The molecule has 0 bridgehead atoms. The molecule has 4 rings (SSSR count). The van der Waals surface area contributed by atoms with Crippen LogP contribution in [0.2, 0.25) is 0 Å². The van der Waals surface area contributed by atoms with E-state index in [-0.39, 0.29) is 0 Å². The van der Waals surface area contributed by atoms with E-state index in [0.717, 1.165) is 50.3 Å². The molecule has 0 aromatic rings. The van der Waals surface area contributed by atoms with Crippen molar-refractivity contribution in [2.45, 2.75) is 48.3 Å². The van der Waals surface area contributed by atoms with Gasteiger partial charge in [0, 0.05) is 0 Å². The zero-order chi connectivity index (χ0) is 49.4. The molecule has 0 spiro atoms. The second kappa shape index (κ2) is 22.3. The van der Waals surface area contributed by atoms with E-state index in [1.165, 1.54) is 0 Å². The summed E-state index contributed by atoms with van der Waals surface area (Å²) in [6, 6.07) is 0. The van der Waals surface area contributed by atoms with Gasteiger partial charge in [-0.25, -0.2) is 0 Å². The standard InChI is InChI=1S/C40H89N16O4P5/c1-45(2)37(46(3)4)25-29-61(53(17)18)57-33(37)41-65(42-34-38(47(5)6,48(7)8)26-30-62(58-34)54(19)20,43-35-39(49(9)10,50(11)12)27-31-63(59-35)55(21)22)44-36-40(51(13)14,52(15)16)28-32-64(60-36)56(23)24/h65H,25-32H2,1-24H3. The monoisotopic (exact) mass is 1010 g/mol. The summed E-state index contributed by atoms with van der Waals surface area (Å²) in [5.74, 6) is 2.08. The van der Waals surface area contributed by atoms with Crippen LogP contribution >= 0.6 is 41.1 Å². The molecular weight excluding hydrogens is 923 g/mol. The van der Waals surface area contributed by atoms with Gasteiger partial charge in [0.2, 0.25) is 0 Å². The van der Waals surface area contributed by atoms with Gasteiger partial charge < -0.3 is 0 Å². The second-order valence-electron chi connectivity index (χ2n) is 19.7. The van der Waals surface area contributed by atoms with Gasteiger partial charge in [0.25, 0.3) is 0 Å². The molecule has 378 valence electrons. The van der Waals surface area contributed by atoms with Crippen molar-refractivity contribution in [3.05, 3.63) is 0 Å². The molecule has 0 aliphatic carbocycles. The van der Waals surface area contributed by atoms with Crippen LogP contribution in [0.3, 0.4) is 0 Å². The van der Waals surface area contributed by atoms with Crippen molar-refractivity contribution >= 4 is 64.7 Å². The van der Waals surface area contributed by atoms with Crippen LogP contribution in [0.1, 0.15) is 25.7 Å². The van der Waals surface area contributed by atoms with Gasteiger partial charge in [-0.1, -0.05) is 0 Å². The fourth-order valence-corrected chi connectivity index (χ4v) is 18.3. The Hall–Kier alpha value is -0.450. The first kappa shape index (κ1) is 57.1. The minimum atomic E-state index is -4.52. The first-order chi connectivity index (χ1) is 30.0. The van der Waals surface area contributed by atoms with Gasteiger partial charge in [-0.3, -0.25) is 0 Å². The molecule has 4 unspecified atom stereocenters. The van der Waals surface area contributed by atoms with Gasteiger partial charge in [0.1, 0.15) is 0 Å². The van der Waals surface area contributed by atoms with E-state index in [2.05, 4.69) is 227 Å². The second-order valence-corrected chi connectivity index (χ2v) is 30.4. The zero-order valence-corrected chi connectivity index (χ0v) is 49.3. The Morgan fingerprint density at radius 1 is 0.308 bits per heavy atom. The van der Waals surface area contributed by atoms with Crippen molar-refractivity contribution in [1.29, 1.82) is 0 Å². The normalized spacial score (nSPS) is 29.0. The van der Waals surface area contributed by atoms with Crippen molar-refractivity contribution in [3.8, 4) is 0 Å². The Bertz CT molecular complexity index is 1450. The number of hydrogen-bond acceptors (Lipinski definition) is 20. The summed E-state index contributed by atoms with van der Waals surface area (Å²) in [6.45, 7) is 0. The number of nitrogens with zero attached hydrogens (tertiary/aromatic N) is 16. The Labute approximate surface area is 400 Å². The van der Waals surface area contributed by atoms with Crippen molar-refractivity contribution in [3.63, 3.8) is 0 Å². The third-order valence-corrected chi connectivity index (χ3v) is 23.0. The molecule has 0 radical (unpaired) electrons. The molecule has 0 amide bonds. The van der Waals surface area contributed by atoms with Crippen LogP contribution in [-0.2, 0) is 18.1 Å². The zero-order valence-electron chi connectivity index (χ0n) is 44.7. The van der Waals surface area contributed by atoms with E-state index in [1.54, 1.807) is 0 Å². The molecule has 0 aromatic carbocycles. The number of hydrogen-bond donors (Lipinski definition) is 0. The van der Waals surface area contributed by atoms with Gasteiger partial charge in [0.05, 0.1) is 0 Å². The van der Waals surface area contributed by atoms with Gasteiger partial charge >= 0.3 is 402 Å². The summed E-state index contributed by atoms with van der Waals surface area (Å²) in [6.07, 6.45) is 6.39. The first-order valence-corrected chi connectivity index (χ1v) is 29.7. The van der Waals surface area contributed by atoms with Crippen LogP contribution in [0.15, 0.2) is 19.1 Å². The summed E-state index contributed by atoms with van der Waals surface area (Å²) >= 11 is 0. The van der Waals surface area contributed by atoms with E-state index in [0.29, 0.717) is 23.6 Å². The van der Waals surface area contributed by atoms with Crippen molar-refractivity contribution in [2.75, 3.05) is 194 Å². The SMILES string of the molecule is CN(C)P1CCC(N(C)C)(N(C)C)C(=N[PH](N=C2OP(N(C)C)CCC2(N(C)C)N(C)C)(N=C2OP(N(C)C)CCC2(N(C)C)N(C)C)N=C2OP(N(C)C)CCC2(N(C)C)N(C)C)O1. The van der Waals surface area contributed by atoms with Crippen molar-refractivity contribution < 1.29 is 18.1 Å². The molecule has 65 heavy (non-hydrogen) atoms. The Morgan fingerprint density at radius 2 is 0.462 bits per heavy atom. The maximum atomic E-state index is 7.32. The third kappa shape index (κ3) is 11.1. The average Bonchev–Trinajstić information content (AvgIpc) is 3.19. The van der Waals surface area contributed by atoms with E-state index < -0.39 is 63.7 Å². The molecule has 20 nitrogen and oxygen atoms in total.